The minimum absolute atomic E-state index is 0.0788. The highest BCUT2D eigenvalue weighted by molar-refractivity contribution is 7.89. The second-order valence-corrected chi connectivity index (χ2v) is 11.3. The molecule has 5 aromatic rings. The Morgan fingerprint density at radius 3 is 2.47 bits per heavy atom. The van der Waals surface area contributed by atoms with Crippen LogP contribution in [-0.4, -0.2) is 37.9 Å². The number of hydrogen-bond acceptors (Lipinski definition) is 6. The van der Waals surface area contributed by atoms with E-state index in [0.717, 1.165) is 40.1 Å². The largest absolute Gasteiger partial charge is 0.377 e. The number of fused-ring (bicyclic) bond motifs is 2. The SMILES string of the molecule is Cc1ccc(-c2nnc(Nc3cccc4ccccc34)c3ccccc23)cc1S(=O)(=O)NC[C@@H]1CCCO1. The Labute approximate surface area is 221 Å². The van der Waals surface area contributed by atoms with Crippen molar-refractivity contribution < 1.29 is 13.2 Å². The molecule has 1 saturated heterocycles. The van der Waals surface area contributed by atoms with E-state index in [2.05, 4.69) is 38.4 Å². The third-order valence-corrected chi connectivity index (χ3v) is 8.57. The molecule has 1 aliphatic heterocycles. The Morgan fingerprint density at radius 1 is 0.895 bits per heavy atom. The molecule has 7 nitrogen and oxygen atoms in total. The standard InChI is InChI=1S/C30H28N4O3S/c1-20-15-16-22(18-28(20)38(35,36)31-19-23-10-7-17-37-23)29-25-12-4-5-13-26(25)30(34-33-29)32-27-14-6-9-21-8-2-3-11-24(21)27/h2-6,8-9,11-16,18,23,31H,7,10,17,19H2,1H3,(H,32,34)/t23-/m0/s1. The zero-order valence-corrected chi connectivity index (χ0v) is 21.8. The average molecular weight is 525 g/mol. The van der Waals surface area contributed by atoms with Gasteiger partial charge in [-0.05, 0) is 42.8 Å². The molecule has 1 fully saturated rings. The van der Waals surface area contributed by atoms with Crippen molar-refractivity contribution in [1.82, 2.24) is 14.9 Å². The number of aromatic nitrogens is 2. The first-order valence-electron chi connectivity index (χ1n) is 12.7. The van der Waals surface area contributed by atoms with Gasteiger partial charge in [0.15, 0.2) is 5.82 Å². The van der Waals surface area contributed by atoms with Crippen LogP contribution in [0.5, 0.6) is 0 Å². The highest BCUT2D eigenvalue weighted by Crippen LogP contribution is 2.34. The van der Waals surface area contributed by atoms with E-state index in [0.29, 0.717) is 29.2 Å². The topological polar surface area (TPSA) is 93.2 Å². The van der Waals surface area contributed by atoms with Crippen LogP contribution in [0.3, 0.4) is 0 Å². The lowest BCUT2D eigenvalue weighted by atomic mass is 10.0. The number of nitrogens with zero attached hydrogens (tertiary/aromatic N) is 2. The quantitative estimate of drug-likeness (QED) is 0.273. The molecular weight excluding hydrogens is 496 g/mol. The molecule has 0 unspecified atom stereocenters. The van der Waals surface area contributed by atoms with Crippen LogP contribution in [0.25, 0.3) is 32.8 Å². The molecule has 192 valence electrons. The van der Waals surface area contributed by atoms with Gasteiger partial charge < -0.3 is 10.1 Å². The maximum Gasteiger partial charge on any atom is 0.240 e. The maximum atomic E-state index is 13.2. The zero-order chi connectivity index (χ0) is 26.1. The number of anilines is 2. The molecule has 2 N–H and O–H groups in total. The highest BCUT2D eigenvalue weighted by atomic mass is 32.2. The monoisotopic (exact) mass is 524 g/mol. The molecule has 1 atom stereocenters. The van der Waals surface area contributed by atoms with E-state index < -0.39 is 10.0 Å². The minimum atomic E-state index is -3.72. The van der Waals surface area contributed by atoms with E-state index in [-0.39, 0.29) is 17.5 Å². The third kappa shape index (κ3) is 4.74. The molecule has 1 aliphatic rings. The summed E-state index contributed by atoms with van der Waals surface area (Å²) in [6, 6.07) is 27.6. The van der Waals surface area contributed by atoms with Crippen molar-refractivity contribution >= 4 is 43.1 Å². The second-order valence-electron chi connectivity index (χ2n) is 9.56. The van der Waals surface area contributed by atoms with E-state index in [1.807, 2.05) is 60.7 Å². The summed E-state index contributed by atoms with van der Waals surface area (Å²) in [5.74, 6) is 0.638. The second kappa shape index (κ2) is 10.1. The molecule has 0 radical (unpaired) electrons. The predicted molar refractivity (Wildman–Crippen MR) is 151 cm³/mol. The first-order chi connectivity index (χ1) is 18.5. The van der Waals surface area contributed by atoms with Crippen molar-refractivity contribution in [2.24, 2.45) is 0 Å². The number of rotatable bonds is 7. The average Bonchev–Trinajstić information content (AvgIpc) is 3.47. The Morgan fingerprint density at radius 2 is 1.66 bits per heavy atom. The predicted octanol–water partition coefficient (Wildman–Crippen LogP) is 5.96. The smallest absolute Gasteiger partial charge is 0.240 e. The summed E-state index contributed by atoms with van der Waals surface area (Å²) in [5, 5.41) is 16.6. The summed E-state index contributed by atoms with van der Waals surface area (Å²) >= 11 is 0. The van der Waals surface area contributed by atoms with Crippen LogP contribution < -0.4 is 10.0 Å². The first kappa shape index (κ1) is 24.5. The van der Waals surface area contributed by atoms with E-state index in [4.69, 9.17) is 4.74 Å². The van der Waals surface area contributed by atoms with Gasteiger partial charge in [0.1, 0.15) is 5.69 Å². The summed E-state index contributed by atoms with van der Waals surface area (Å²) in [6.07, 6.45) is 1.74. The van der Waals surface area contributed by atoms with E-state index in [1.54, 1.807) is 13.0 Å². The summed E-state index contributed by atoms with van der Waals surface area (Å²) in [7, 11) is -3.72. The molecule has 0 amide bonds. The van der Waals surface area contributed by atoms with Gasteiger partial charge in [-0.3, -0.25) is 0 Å². The number of sulfonamides is 1. The van der Waals surface area contributed by atoms with Crippen LogP contribution in [0, 0.1) is 6.92 Å². The Hall–Kier alpha value is -3.85. The molecule has 2 heterocycles. The lowest BCUT2D eigenvalue weighted by molar-refractivity contribution is 0.114. The van der Waals surface area contributed by atoms with Gasteiger partial charge in [0.2, 0.25) is 10.0 Å². The number of hydrogen-bond donors (Lipinski definition) is 2. The van der Waals surface area contributed by atoms with Gasteiger partial charge >= 0.3 is 0 Å². The fourth-order valence-corrected chi connectivity index (χ4v) is 6.33. The number of ether oxygens (including phenoxy) is 1. The molecule has 1 aromatic heterocycles. The normalized spacial score (nSPS) is 15.8. The van der Waals surface area contributed by atoms with Crippen molar-refractivity contribution in [3.05, 3.63) is 90.5 Å². The zero-order valence-electron chi connectivity index (χ0n) is 21.0. The lowest BCUT2D eigenvalue weighted by Crippen LogP contribution is -2.32. The summed E-state index contributed by atoms with van der Waals surface area (Å²) in [5.41, 5.74) is 2.92. The molecule has 0 bridgehead atoms. The molecule has 0 aliphatic carbocycles. The van der Waals surface area contributed by atoms with Gasteiger partial charge in [0, 0.05) is 40.6 Å². The van der Waals surface area contributed by atoms with Crippen molar-refractivity contribution in [2.45, 2.75) is 30.8 Å². The lowest BCUT2D eigenvalue weighted by Gasteiger charge is -2.15. The summed E-state index contributed by atoms with van der Waals surface area (Å²) in [6.45, 7) is 2.74. The Bertz CT molecular complexity index is 1740. The van der Waals surface area contributed by atoms with E-state index >= 15 is 0 Å². The molecular formula is C30H28N4O3S. The molecule has 0 spiro atoms. The fourth-order valence-electron chi connectivity index (χ4n) is 4.99. The third-order valence-electron chi connectivity index (χ3n) is 7.01. The molecule has 38 heavy (non-hydrogen) atoms. The number of aryl methyl sites for hydroxylation is 1. The van der Waals surface area contributed by atoms with Crippen LogP contribution in [0.4, 0.5) is 11.5 Å². The van der Waals surface area contributed by atoms with Crippen LogP contribution in [0.2, 0.25) is 0 Å². The van der Waals surface area contributed by atoms with Gasteiger partial charge in [0.25, 0.3) is 0 Å². The van der Waals surface area contributed by atoms with Gasteiger partial charge in [-0.1, -0.05) is 72.8 Å². The fraction of sp³-hybridized carbons (Fsp3) is 0.200. The van der Waals surface area contributed by atoms with Gasteiger partial charge in [-0.25, -0.2) is 13.1 Å². The van der Waals surface area contributed by atoms with Crippen molar-refractivity contribution in [1.29, 1.82) is 0 Å². The van der Waals surface area contributed by atoms with E-state index in [9.17, 15) is 8.42 Å². The Balaban J connectivity index is 1.37. The summed E-state index contributed by atoms with van der Waals surface area (Å²) < 4.78 is 34.7. The molecule has 8 heteroatoms. The Kier molecular flexibility index (Phi) is 6.53. The van der Waals surface area contributed by atoms with Crippen molar-refractivity contribution in [3.63, 3.8) is 0 Å². The van der Waals surface area contributed by atoms with Gasteiger partial charge in [-0.15, -0.1) is 10.2 Å². The van der Waals surface area contributed by atoms with E-state index in [1.165, 1.54) is 0 Å². The van der Waals surface area contributed by atoms with Crippen LogP contribution in [0.1, 0.15) is 18.4 Å². The van der Waals surface area contributed by atoms with Crippen LogP contribution in [0.15, 0.2) is 89.8 Å². The number of nitrogens with one attached hydrogen (secondary N) is 2. The number of benzene rings is 4. The van der Waals surface area contributed by atoms with Crippen LogP contribution in [-0.2, 0) is 14.8 Å². The molecule has 0 saturated carbocycles. The maximum absolute atomic E-state index is 13.2. The van der Waals surface area contributed by atoms with Crippen molar-refractivity contribution in [2.75, 3.05) is 18.5 Å². The molecule has 4 aromatic carbocycles. The van der Waals surface area contributed by atoms with Gasteiger partial charge in [-0.2, -0.15) is 0 Å². The summed E-state index contributed by atoms with van der Waals surface area (Å²) in [4.78, 5) is 0.233. The minimum Gasteiger partial charge on any atom is -0.377 e. The first-order valence-corrected chi connectivity index (χ1v) is 14.2. The van der Waals surface area contributed by atoms with Gasteiger partial charge in [0.05, 0.1) is 11.0 Å². The highest BCUT2D eigenvalue weighted by Gasteiger charge is 2.23. The molecule has 6 rings (SSSR count). The van der Waals surface area contributed by atoms with Crippen molar-refractivity contribution in [3.8, 4) is 11.3 Å². The van der Waals surface area contributed by atoms with Crippen LogP contribution >= 0.6 is 0 Å².